The zero-order valence-corrected chi connectivity index (χ0v) is 9.48. The van der Waals surface area contributed by atoms with E-state index < -0.39 is 18.7 Å². The maximum absolute atomic E-state index is 11.2. The second kappa shape index (κ2) is 6.63. The van der Waals surface area contributed by atoms with Crippen LogP contribution in [0.5, 0.6) is 11.5 Å². The van der Waals surface area contributed by atoms with E-state index in [1.165, 1.54) is 24.3 Å². The number of aliphatic hydroxyl groups is 2. The molecule has 4 N–H and O–H groups in total. The molecule has 98 valence electrons. The molecule has 0 bridgehead atoms. The highest BCUT2D eigenvalue weighted by Crippen LogP contribution is 2.25. The normalized spacial score (nSPS) is 12.6. The smallest absolute Gasteiger partial charge is 0.330 e. The van der Waals surface area contributed by atoms with Crippen LogP contribution < -0.4 is 0 Å². The lowest BCUT2D eigenvalue weighted by Gasteiger charge is -2.06. The van der Waals surface area contributed by atoms with Crippen molar-refractivity contribution >= 4 is 12.0 Å². The van der Waals surface area contributed by atoms with Crippen molar-refractivity contribution in [2.45, 2.75) is 6.10 Å². The van der Waals surface area contributed by atoms with Crippen LogP contribution >= 0.6 is 0 Å². The highest BCUT2D eigenvalue weighted by Gasteiger charge is 2.05. The Kier molecular flexibility index (Phi) is 5.16. The van der Waals surface area contributed by atoms with Crippen LogP contribution in [0, 0.1) is 0 Å². The molecule has 0 aliphatic carbocycles. The number of carbonyl (C=O) groups excluding carboxylic acids is 1. The van der Waals surface area contributed by atoms with Gasteiger partial charge in [0.05, 0.1) is 6.61 Å². The van der Waals surface area contributed by atoms with Crippen LogP contribution in [0.4, 0.5) is 0 Å². The molecule has 1 aromatic rings. The van der Waals surface area contributed by atoms with Crippen molar-refractivity contribution in [3.8, 4) is 11.5 Å². The molecule has 0 aromatic heterocycles. The number of benzene rings is 1. The SMILES string of the molecule is O=C(/C=C/c1ccc(O)c(O)c1)OCC(O)CO. The Labute approximate surface area is 103 Å². The number of ether oxygens (including phenoxy) is 1. The fourth-order valence-electron chi connectivity index (χ4n) is 1.09. The molecule has 0 fully saturated rings. The average molecular weight is 254 g/mol. The van der Waals surface area contributed by atoms with Gasteiger partial charge in [-0.15, -0.1) is 0 Å². The molecule has 0 saturated heterocycles. The van der Waals surface area contributed by atoms with E-state index in [1.807, 2.05) is 0 Å². The summed E-state index contributed by atoms with van der Waals surface area (Å²) in [5.41, 5.74) is 0.505. The lowest BCUT2D eigenvalue weighted by molar-refractivity contribution is -0.141. The van der Waals surface area contributed by atoms with Crippen molar-refractivity contribution in [3.63, 3.8) is 0 Å². The Balaban J connectivity index is 2.53. The number of aliphatic hydroxyl groups excluding tert-OH is 2. The first kappa shape index (κ1) is 14.0. The highest BCUT2D eigenvalue weighted by molar-refractivity contribution is 5.87. The standard InChI is InChI=1S/C12H14O6/c13-6-9(14)7-18-12(17)4-2-8-1-3-10(15)11(16)5-8/h1-5,9,13-16H,6-7H2/b4-2+. The summed E-state index contributed by atoms with van der Waals surface area (Å²) in [6.07, 6.45) is 1.39. The average Bonchev–Trinajstić information content (AvgIpc) is 2.37. The van der Waals surface area contributed by atoms with E-state index in [0.717, 1.165) is 6.08 Å². The first-order valence-electron chi connectivity index (χ1n) is 5.18. The van der Waals surface area contributed by atoms with Crippen LogP contribution in [0.1, 0.15) is 5.56 Å². The van der Waals surface area contributed by atoms with Gasteiger partial charge in [-0.25, -0.2) is 4.79 Å². The number of phenolic OH excluding ortho intramolecular Hbond substituents is 2. The minimum atomic E-state index is -1.10. The molecule has 6 nitrogen and oxygen atoms in total. The van der Waals surface area contributed by atoms with E-state index in [9.17, 15) is 9.90 Å². The third-order valence-corrected chi connectivity index (χ3v) is 2.04. The van der Waals surface area contributed by atoms with Crippen LogP contribution in [0.2, 0.25) is 0 Å². The Morgan fingerprint density at radius 3 is 2.67 bits per heavy atom. The van der Waals surface area contributed by atoms with Gasteiger partial charge in [0, 0.05) is 6.08 Å². The summed E-state index contributed by atoms with van der Waals surface area (Å²) in [6, 6.07) is 4.07. The molecule has 0 heterocycles. The molecule has 6 heteroatoms. The predicted molar refractivity (Wildman–Crippen MR) is 62.9 cm³/mol. The summed E-state index contributed by atoms with van der Waals surface area (Å²) in [6.45, 7) is -0.774. The highest BCUT2D eigenvalue weighted by atomic mass is 16.5. The third-order valence-electron chi connectivity index (χ3n) is 2.04. The lowest BCUT2D eigenvalue weighted by Crippen LogP contribution is -2.21. The molecular weight excluding hydrogens is 240 g/mol. The van der Waals surface area contributed by atoms with Gasteiger partial charge in [0.15, 0.2) is 11.5 Å². The Morgan fingerprint density at radius 2 is 2.06 bits per heavy atom. The molecule has 0 amide bonds. The second-order valence-electron chi connectivity index (χ2n) is 3.55. The number of hydrogen-bond donors (Lipinski definition) is 4. The number of esters is 1. The van der Waals surface area contributed by atoms with Gasteiger partial charge in [-0.2, -0.15) is 0 Å². The van der Waals surface area contributed by atoms with Crippen LogP contribution in [0.25, 0.3) is 6.08 Å². The summed E-state index contributed by atoms with van der Waals surface area (Å²) in [7, 11) is 0. The maximum Gasteiger partial charge on any atom is 0.330 e. The molecule has 0 saturated carbocycles. The summed E-state index contributed by atoms with van der Waals surface area (Å²) >= 11 is 0. The Morgan fingerprint density at radius 1 is 1.33 bits per heavy atom. The molecule has 1 rings (SSSR count). The van der Waals surface area contributed by atoms with Crippen LogP contribution in [0.15, 0.2) is 24.3 Å². The minimum absolute atomic E-state index is 0.249. The fourth-order valence-corrected chi connectivity index (χ4v) is 1.09. The van der Waals surface area contributed by atoms with E-state index >= 15 is 0 Å². The predicted octanol–water partition coefficient (Wildman–Crippen LogP) is 0.00740. The van der Waals surface area contributed by atoms with Crippen molar-refractivity contribution in [2.75, 3.05) is 13.2 Å². The molecular formula is C12H14O6. The molecule has 0 radical (unpaired) electrons. The lowest BCUT2D eigenvalue weighted by atomic mass is 10.2. The molecule has 1 atom stereocenters. The molecule has 1 aromatic carbocycles. The topological polar surface area (TPSA) is 107 Å². The largest absolute Gasteiger partial charge is 0.504 e. The van der Waals surface area contributed by atoms with Gasteiger partial charge in [-0.3, -0.25) is 0 Å². The number of carbonyl (C=O) groups is 1. The van der Waals surface area contributed by atoms with E-state index in [0.29, 0.717) is 5.56 Å². The van der Waals surface area contributed by atoms with E-state index in [2.05, 4.69) is 4.74 Å². The summed E-state index contributed by atoms with van der Waals surface area (Å²) < 4.78 is 4.62. The summed E-state index contributed by atoms with van der Waals surface area (Å²) in [5, 5.41) is 35.7. The van der Waals surface area contributed by atoms with Crippen LogP contribution in [-0.4, -0.2) is 45.7 Å². The van der Waals surface area contributed by atoms with Gasteiger partial charge in [0.25, 0.3) is 0 Å². The van der Waals surface area contributed by atoms with E-state index in [4.69, 9.17) is 15.3 Å². The minimum Gasteiger partial charge on any atom is -0.504 e. The van der Waals surface area contributed by atoms with Crippen LogP contribution in [-0.2, 0) is 9.53 Å². The Bertz CT molecular complexity index is 440. The zero-order chi connectivity index (χ0) is 13.5. The molecule has 1 unspecified atom stereocenters. The summed E-state index contributed by atoms with van der Waals surface area (Å²) in [5.74, 6) is -1.22. The number of rotatable bonds is 5. The third kappa shape index (κ3) is 4.44. The van der Waals surface area contributed by atoms with Crippen LogP contribution in [0.3, 0.4) is 0 Å². The number of phenols is 2. The fraction of sp³-hybridized carbons (Fsp3) is 0.250. The summed E-state index contributed by atoms with van der Waals surface area (Å²) in [4.78, 5) is 11.2. The van der Waals surface area contributed by atoms with Gasteiger partial charge in [-0.05, 0) is 23.8 Å². The quantitative estimate of drug-likeness (QED) is 0.335. The van der Waals surface area contributed by atoms with Gasteiger partial charge in [0.1, 0.15) is 12.7 Å². The van der Waals surface area contributed by atoms with Crippen molar-refractivity contribution in [1.29, 1.82) is 0 Å². The van der Waals surface area contributed by atoms with Gasteiger partial charge in [-0.1, -0.05) is 6.07 Å². The molecule has 0 aliphatic rings. The monoisotopic (exact) mass is 254 g/mol. The molecule has 18 heavy (non-hydrogen) atoms. The van der Waals surface area contributed by atoms with Crippen molar-refractivity contribution in [3.05, 3.63) is 29.8 Å². The van der Waals surface area contributed by atoms with Crippen molar-refractivity contribution in [1.82, 2.24) is 0 Å². The molecule has 0 aliphatic heterocycles. The second-order valence-corrected chi connectivity index (χ2v) is 3.55. The van der Waals surface area contributed by atoms with Crippen molar-refractivity contribution in [2.24, 2.45) is 0 Å². The van der Waals surface area contributed by atoms with E-state index in [1.54, 1.807) is 0 Å². The van der Waals surface area contributed by atoms with Crippen molar-refractivity contribution < 1.29 is 30.0 Å². The zero-order valence-electron chi connectivity index (χ0n) is 9.48. The Hall–Kier alpha value is -2.05. The van der Waals surface area contributed by atoms with Gasteiger partial charge in [0.2, 0.25) is 0 Å². The first-order chi connectivity index (χ1) is 8.52. The van der Waals surface area contributed by atoms with Gasteiger partial charge >= 0.3 is 5.97 Å². The number of aromatic hydroxyl groups is 2. The maximum atomic E-state index is 11.2. The number of hydrogen-bond acceptors (Lipinski definition) is 6. The van der Waals surface area contributed by atoms with Gasteiger partial charge < -0.3 is 25.2 Å². The van der Waals surface area contributed by atoms with E-state index in [-0.39, 0.29) is 18.1 Å². The first-order valence-corrected chi connectivity index (χ1v) is 5.18. The molecule has 0 spiro atoms.